The van der Waals surface area contributed by atoms with Crippen LogP contribution in [-0.4, -0.2) is 50.1 Å². The molecule has 2 aromatic heterocycles. The normalized spacial score (nSPS) is 25.0. The standard InChI is InChI=1S/C21H30N6O2/c1-15-11-12-22-21(24-15)23-14-16-6-4-5-13-26(16)19-9-10-20(29)27(25-19)17-7-2-3-8-18(17)28/h9-12,16-18,28H,2-8,13-14H2,1H3,(H,22,23,24). The Balaban J connectivity index is 1.53. The van der Waals surface area contributed by atoms with Crippen LogP contribution in [0.3, 0.4) is 0 Å². The highest BCUT2D eigenvalue weighted by Crippen LogP contribution is 2.28. The SMILES string of the molecule is Cc1ccnc(NCC2CCCCN2c2ccc(=O)n(C3CCCCC3O)n2)n1. The predicted molar refractivity (Wildman–Crippen MR) is 112 cm³/mol. The van der Waals surface area contributed by atoms with Crippen molar-refractivity contribution in [2.75, 3.05) is 23.3 Å². The third kappa shape index (κ3) is 4.58. The summed E-state index contributed by atoms with van der Waals surface area (Å²) in [6.07, 6.45) is 8.13. The summed E-state index contributed by atoms with van der Waals surface area (Å²) in [5, 5.41) is 18.4. The number of anilines is 2. The molecular weight excluding hydrogens is 368 g/mol. The fraction of sp³-hybridized carbons (Fsp3) is 0.619. The third-order valence-corrected chi connectivity index (χ3v) is 6.03. The van der Waals surface area contributed by atoms with E-state index in [9.17, 15) is 9.90 Å². The Kier molecular flexibility index (Phi) is 6.08. The molecule has 0 amide bonds. The van der Waals surface area contributed by atoms with E-state index in [0.29, 0.717) is 5.95 Å². The minimum absolute atomic E-state index is 0.139. The molecule has 1 saturated carbocycles. The lowest BCUT2D eigenvalue weighted by Crippen LogP contribution is -2.45. The van der Waals surface area contributed by atoms with Crippen molar-refractivity contribution in [1.82, 2.24) is 19.7 Å². The van der Waals surface area contributed by atoms with Crippen molar-refractivity contribution in [1.29, 1.82) is 0 Å². The van der Waals surface area contributed by atoms with Crippen molar-refractivity contribution in [2.45, 2.75) is 70.1 Å². The molecule has 29 heavy (non-hydrogen) atoms. The first-order valence-corrected chi connectivity index (χ1v) is 10.7. The fourth-order valence-electron chi connectivity index (χ4n) is 4.44. The monoisotopic (exact) mass is 398 g/mol. The van der Waals surface area contributed by atoms with Gasteiger partial charge in [-0.05, 0) is 51.2 Å². The van der Waals surface area contributed by atoms with Gasteiger partial charge in [0.1, 0.15) is 5.82 Å². The molecule has 1 aliphatic carbocycles. The Hall–Kier alpha value is -2.48. The molecule has 0 radical (unpaired) electrons. The maximum atomic E-state index is 12.5. The summed E-state index contributed by atoms with van der Waals surface area (Å²) >= 11 is 0. The van der Waals surface area contributed by atoms with Crippen molar-refractivity contribution >= 4 is 11.8 Å². The molecule has 156 valence electrons. The molecule has 2 aliphatic rings. The molecule has 3 heterocycles. The van der Waals surface area contributed by atoms with E-state index in [2.05, 4.69) is 20.2 Å². The number of nitrogens with one attached hydrogen (secondary N) is 1. The summed E-state index contributed by atoms with van der Waals surface area (Å²) in [5.41, 5.74) is 0.794. The number of nitrogens with zero attached hydrogens (tertiary/aromatic N) is 5. The lowest BCUT2D eigenvalue weighted by Gasteiger charge is -2.37. The molecule has 8 nitrogen and oxygen atoms in total. The first-order valence-electron chi connectivity index (χ1n) is 10.7. The molecule has 0 aromatic carbocycles. The molecule has 8 heteroatoms. The van der Waals surface area contributed by atoms with E-state index >= 15 is 0 Å². The van der Waals surface area contributed by atoms with Gasteiger partial charge in [0.2, 0.25) is 5.95 Å². The second-order valence-corrected chi connectivity index (χ2v) is 8.14. The molecule has 0 spiro atoms. The van der Waals surface area contributed by atoms with Crippen LogP contribution in [0.5, 0.6) is 0 Å². The number of rotatable bonds is 5. The second kappa shape index (κ2) is 8.90. The van der Waals surface area contributed by atoms with Crippen LogP contribution < -0.4 is 15.8 Å². The van der Waals surface area contributed by atoms with Crippen molar-refractivity contribution in [3.05, 3.63) is 40.4 Å². The molecule has 2 N–H and O–H groups in total. The van der Waals surface area contributed by atoms with Gasteiger partial charge >= 0.3 is 0 Å². The molecule has 1 saturated heterocycles. The van der Waals surface area contributed by atoms with Crippen LogP contribution >= 0.6 is 0 Å². The van der Waals surface area contributed by atoms with E-state index in [0.717, 1.165) is 63.1 Å². The molecule has 0 bridgehead atoms. The summed E-state index contributed by atoms with van der Waals surface area (Å²) in [6.45, 7) is 3.57. The minimum atomic E-state index is -0.499. The first-order chi connectivity index (χ1) is 14.1. The van der Waals surface area contributed by atoms with Gasteiger partial charge in [-0.15, -0.1) is 0 Å². The van der Waals surface area contributed by atoms with E-state index in [1.165, 1.54) is 11.1 Å². The fourth-order valence-corrected chi connectivity index (χ4v) is 4.44. The van der Waals surface area contributed by atoms with Gasteiger partial charge in [0, 0.05) is 37.1 Å². The molecule has 1 aliphatic heterocycles. The number of hydrogen-bond acceptors (Lipinski definition) is 7. The Morgan fingerprint density at radius 3 is 2.79 bits per heavy atom. The van der Waals surface area contributed by atoms with Crippen LogP contribution in [0.4, 0.5) is 11.8 Å². The predicted octanol–water partition coefficient (Wildman–Crippen LogP) is 2.29. The number of aryl methyl sites for hydroxylation is 1. The molecule has 3 unspecified atom stereocenters. The second-order valence-electron chi connectivity index (χ2n) is 8.14. The van der Waals surface area contributed by atoms with Gasteiger partial charge in [-0.25, -0.2) is 14.6 Å². The zero-order valence-corrected chi connectivity index (χ0v) is 17.0. The lowest BCUT2D eigenvalue weighted by molar-refractivity contribution is 0.0669. The van der Waals surface area contributed by atoms with Crippen LogP contribution in [0.2, 0.25) is 0 Å². The summed E-state index contributed by atoms with van der Waals surface area (Å²) in [7, 11) is 0. The molecule has 4 rings (SSSR count). The van der Waals surface area contributed by atoms with E-state index in [1.807, 2.05) is 19.1 Å². The highest BCUT2D eigenvalue weighted by molar-refractivity contribution is 5.40. The topological polar surface area (TPSA) is 96.2 Å². The van der Waals surface area contributed by atoms with Crippen molar-refractivity contribution < 1.29 is 5.11 Å². The molecule has 2 fully saturated rings. The zero-order chi connectivity index (χ0) is 20.2. The van der Waals surface area contributed by atoms with Crippen molar-refractivity contribution in [3.63, 3.8) is 0 Å². The lowest BCUT2D eigenvalue weighted by atomic mass is 9.93. The number of aliphatic hydroxyl groups is 1. The maximum absolute atomic E-state index is 12.5. The summed E-state index contributed by atoms with van der Waals surface area (Å²) < 4.78 is 1.52. The minimum Gasteiger partial charge on any atom is -0.391 e. The van der Waals surface area contributed by atoms with Gasteiger partial charge in [-0.1, -0.05) is 12.8 Å². The zero-order valence-electron chi connectivity index (χ0n) is 17.0. The summed E-state index contributed by atoms with van der Waals surface area (Å²) in [4.78, 5) is 23.4. The molecular formula is C21H30N6O2. The summed E-state index contributed by atoms with van der Waals surface area (Å²) in [6, 6.07) is 5.31. The van der Waals surface area contributed by atoms with E-state index in [-0.39, 0.29) is 17.6 Å². The Morgan fingerprint density at radius 2 is 1.97 bits per heavy atom. The average Bonchev–Trinajstić information content (AvgIpc) is 2.74. The smallest absolute Gasteiger partial charge is 0.267 e. The van der Waals surface area contributed by atoms with Gasteiger partial charge in [-0.2, -0.15) is 5.10 Å². The van der Waals surface area contributed by atoms with Gasteiger partial charge in [-0.3, -0.25) is 4.79 Å². The van der Waals surface area contributed by atoms with Gasteiger partial charge in [0.15, 0.2) is 0 Å². The Labute approximate surface area is 171 Å². The van der Waals surface area contributed by atoms with Crippen LogP contribution in [0.25, 0.3) is 0 Å². The van der Waals surface area contributed by atoms with Crippen LogP contribution in [0, 0.1) is 6.92 Å². The quantitative estimate of drug-likeness (QED) is 0.798. The highest BCUT2D eigenvalue weighted by atomic mass is 16.3. The maximum Gasteiger partial charge on any atom is 0.267 e. The largest absolute Gasteiger partial charge is 0.391 e. The molecule has 2 aromatic rings. The van der Waals surface area contributed by atoms with Gasteiger partial charge < -0.3 is 15.3 Å². The van der Waals surface area contributed by atoms with Crippen molar-refractivity contribution in [2.24, 2.45) is 0 Å². The van der Waals surface area contributed by atoms with Gasteiger partial charge in [0.25, 0.3) is 5.56 Å². The van der Waals surface area contributed by atoms with Crippen LogP contribution in [0.15, 0.2) is 29.2 Å². The Bertz CT molecular complexity index is 885. The van der Waals surface area contributed by atoms with E-state index in [1.54, 1.807) is 12.3 Å². The highest BCUT2D eigenvalue weighted by Gasteiger charge is 2.28. The molecule has 3 atom stereocenters. The van der Waals surface area contributed by atoms with Crippen LogP contribution in [0.1, 0.15) is 56.7 Å². The van der Waals surface area contributed by atoms with Crippen LogP contribution in [-0.2, 0) is 0 Å². The van der Waals surface area contributed by atoms with E-state index in [4.69, 9.17) is 5.10 Å². The third-order valence-electron chi connectivity index (χ3n) is 6.03. The van der Waals surface area contributed by atoms with E-state index < -0.39 is 6.10 Å². The number of aromatic nitrogens is 4. The van der Waals surface area contributed by atoms with Crippen molar-refractivity contribution in [3.8, 4) is 0 Å². The van der Waals surface area contributed by atoms with Gasteiger partial charge in [0.05, 0.1) is 12.1 Å². The number of hydrogen-bond donors (Lipinski definition) is 2. The summed E-state index contributed by atoms with van der Waals surface area (Å²) in [5.74, 6) is 1.44. The Morgan fingerprint density at radius 1 is 1.14 bits per heavy atom. The first kappa shape index (κ1) is 19.8. The number of piperidine rings is 1. The number of aliphatic hydroxyl groups excluding tert-OH is 1. The average molecular weight is 399 g/mol.